The minimum atomic E-state index is -3.20. The zero-order valence-electron chi connectivity index (χ0n) is 12.5. The first-order valence-electron chi connectivity index (χ1n) is 7.22. The Labute approximate surface area is 131 Å². The third kappa shape index (κ3) is 2.74. The fourth-order valence-corrected chi connectivity index (χ4v) is 3.63. The van der Waals surface area contributed by atoms with Crippen molar-refractivity contribution < 1.29 is 23.1 Å². The van der Waals surface area contributed by atoms with Crippen molar-refractivity contribution in [3.8, 4) is 0 Å². The highest BCUT2D eigenvalue weighted by atomic mass is 31.1. The Morgan fingerprint density at radius 1 is 1.61 bits per heavy atom. The van der Waals surface area contributed by atoms with Crippen molar-refractivity contribution in [2.24, 2.45) is 5.92 Å². The van der Waals surface area contributed by atoms with Gasteiger partial charge in [0.15, 0.2) is 17.7 Å². The number of ether oxygens (including phenoxy) is 1. The first-order chi connectivity index (χ1) is 10.9. The predicted octanol–water partition coefficient (Wildman–Crippen LogP) is 1.57. The van der Waals surface area contributed by atoms with Crippen LogP contribution in [-0.4, -0.2) is 31.6 Å². The Balaban J connectivity index is 2.10. The lowest BCUT2D eigenvalue weighted by atomic mass is 9.99. The molecule has 1 aliphatic rings. The normalized spacial score (nSPS) is 29.2. The van der Waals surface area contributed by atoms with Crippen LogP contribution in [0.5, 0.6) is 0 Å². The summed E-state index contributed by atoms with van der Waals surface area (Å²) in [6, 6.07) is 0. The van der Waals surface area contributed by atoms with Gasteiger partial charge in [0.25, 0.3) is 5.56 Å². The molecule has 10 heteroatoms. The number of aromatic nitrogens is 3. The Morgan fingerprint density at radius 2 is 2.35 bits per heavy atom. The van der Waals surface area contributed by atoms with Crippen molar-refractivity contribution >= 4 is 19.3 Å². The number of aromatic amines is 1. The molecule has 3 rings (SSSR count). The van der Waals surface area contributed by atoms with E-state index in [1.165, 1.54) is 10.9 Å². The zero-order chi connectivity index (χ0) is 16.7. The highest BCUT2D eigenvalue weighted by molar-refractivity contribution is 7.32. The van der Waals surface area contributed by atoms with Crippen LogP contribution in [0.15, 0.2) is 17.3 Å². The molecule has 1 fully saturated rings. The molecule has 0 saturated carbocycles. The fraction of sp³-hybridized carbons (Fsp3) is 0.538. The van der Waals surface area contributed by atoms with Crippen LogP contribution < -0.4 is 5.56 Å². The van der Waals surface area contributed by atoms with E-state index < -0.39 is 32.0 Å². The number of rotatable bonds is 4. The molecule has 0 radical (unpaired) electrons. The highest BCUT2D eigenvalue weighted by Crippen LogP contribution is 2.42. The van der Waals surface area contributed by atoms with Crippen LogP contribution in [-0.2, 0) is 13.8 Å². The maximum Gasteiger partial charge on any atom is 0.317 e. The fourth-order valence-electron chi connectivity index (χ4n) is 3.07. The van der Waals surface area contributed by atoms with E-state index in [2.05, 4.69) is 9.97 Å². The minimum absolute atomic E-state index is 0.103. The molecular weight excluding hydrogens is 328 g/mol. The van der Waals surface area contributed by atoms with E-state index in [0.717, 1.165) is 6.20 Å². The number of nitrogens with one attached hydrogen (secondary N) is 1. The first kappa shape index (κ1) is 16.3. The standard InChI is InChI=1S/C13H17FN3O5P/c1-3-8-6(2)10(22-23(19)20)13(21-8)17-4-7(14)9-11(17)15-5-16-12(9)18/h4-6,8,10,13,23H,3H2,1-2H3,(H,19,20)(H,15,16,18)/t6-,8-,10-,13-/m1/s1. The van der Waals surface area contributed by atoms with E-state index >= 15 is 0 Å². The van der Waals surface area contributed by atoms with Gasteiger partial charge in [0.2, 0.25) is 0 Å². The summed E-state index contributed by atoms with van der Waals surface area (Å²) in [5.41, 5.74) is -0.496. The van der Waals surface area contributed by atoms with Gasteiger partial charge in [0.05, 0.1) is 12.4 Å². The van der Waals surface area contributed by atoms with Crippen molar-refractivity contribution in [1.29, 1.82) is 0 Å². The van der Waals surface area contributed by atoms with Crippen molar-refractivity contribution in [2.45, 2.75) is 38.7 Å². The van der Waals surface area contributed by atoms with E-state index in [-0.39, 0.29) is 23.1 Å². The van der Waals surface area contributed by atoms with Gasteiger partial charge in [0.1, 0.15) is 11.5 Å². The molecule has 3 heterocycles. The van der Waals surface area contributed by atoms with Gasteiger partial charge in [-0.15, -0.1) is 0 Å². The van der Waals surface area contributed by atoms with Crippen LogP contribution in [0.3, 0.4) is 0 Å². The van der Waals surface area contributed by atoms with Gasteiger partial charge < -0.3 is 23.7 Å². The van der Waals surface area contributed by atoms with Gasteiger partial charge >= 0.3 is 8.25 Å². The summed E-state index contributed by atoms with van der Waals surface area (Å²) in [7, 11) is -3.20. The molecule has 0 aliphatic carbocycles. The largest absolute Gasteiger partial charge is 0.352 e. The van der Waals surface area contributed by atoms with E-state index in [0.29, 0.717) is 6.42 Å². The molecule has 23 heavy (non-hydrogen) atoms. The molecule has 126 valence electrons. The molecule has 2 aromatic heterocycles. The van der Waals surface area contributed by atoms with Crippen molar-refractivity contribution in [3.05, 3.63) is 28.7 Å². The third-order valence-electron chi connectivity index (χ3n) is 4.18. The summed E-state index contributed by atoms with van der Waals surface area (Å²) in [6.07, 6.45) is 1.15. The second-order valence-corrected chi connectivity index (χ2v) is 6.26. The van der Waals surface area contributed by atoms with Gasteiger partial charge in [-0.2, -0.15) is 0 Å². The Kier molecular flexibility index (Phi) is 4.37. The summed E-state index contributed by atoms with van der Waals surface area (Å²) in [5.74, 6) is -0.908. The second-order valence-electron chi connectivity index (χ2n) is 5.50. The summed E-state index contributed by atoms with van der Waals surface area (Å²) in [5, 5.41) is -0.181. The smallest absolute Gasteiger partial charge is 0.317 e. The van der Waals surface area contributed by atoms with E-state index in [1.807, 2.05) is 13.8 Å². The van der Waals surface area contributed by atoms with Crippen molar-refractivity contribution in [3.63, 3.8) is 0 Å². The van der Waals surface area contributed by atoms with Gasteiger partial charge in [-0.05, 0) is 6.42 Å². The zero-order valence-corrected chi connectivity index (χ0v) is 13.5. The molecule has 1 unspecified atom stereocenters. The molecular formula is C13H17FN3O5P. The van der Waals surface area contributed by atoms with Crippen LogP contribution in [0.1, 0.15) is 26.5 Å². The van der Waals surface area contributed by atoms with Crippen LogP contribution in [0, 0.1) is 11.7 Å². The van der Waals surface area contributed by atoms with E-state index in [1.54, 1.807) is 0 Å². The highest BCUT2D eigenvalue weighted by Gasteiger charge is 2.44. The Morgan fingerprint density at radius 3 is 3.00 bits per heavy atom. The topological polar surface area (TPSA) is 106 Å². The Bertz CT molecular complexity index is 806. The summed E-state index contributed by atoms with van der Waals surface area (Å²) < 4.78 is 37.6. The lowest BCUT2D eigenvalue weighted by molar-refractivity contribution is -0.0296. The maximum atomic E-state index is 14.1. The average molecular weight is 345 g/mol. The molecule has 1 saturated heterocycles. The monoisotopic (exact) mass is 345 g/mol. The molecule has 8 nitrogen and oxygen atoms in total. The van der Waals surface area contributed by atoms with Crippen LogP contribution in [0.2, 0.25) is 0 Å². The predicted molar refractivity (Wildman–Crippen MR) is 79.8 cm³/mol. The average Bonchev–Trinajstić information content (AvgIpc) is 2.98. The molecule has 0 amide bonds. The molecule has 0 spiro atoms. The molecule has 1 aliphatic heterocycles. The van der Waals surface area contributed by atoms with Gasteiger partial charge in [-0.1, -0.05) is 13.8 Å². The quantitative estimate of drug-likeness (QED) is 0.815. The number of nitrogens with zero attached hydrogens (tertiary/aromatic N) is 2. The van der Waals surface area contributed by atoms with Crippen LogP contribution in [0.25, 0.3) is 11.0 Å². The van der Waals surface area contributed by atoms with Crippen LogP contribution in [0.4, 0.5) is 4.39 Å². The second kappa shape index (κ2) is 6.16. The molecule has 2 N–H and O–H groups in total. The number of hydrogen-bond donors (Lipinski definition) is 2. The van der Waals surface area contributed by atoms with Gasteiger partial charge in [-0.25, -0.2) is 9.37 Å². The first-order valence-corrected chi connectivity index (χ1v) is 8.49. The van der Waals surface area contributed by atoms with Gasteiger partial charge in [-0.3, -0.25) is 9.36 Å². The summed E-state index contributed by atoms with van der Waals surface area (Å²) >= 11 is 0. The summed E-state index contributed by atoms with van der Waals surface area (Å²) in [6.45, 7) is 3.76. The number of hydrogen-bond acceptors (Lipinski definition) is 5. The van der Waals surface area contributed by atoms with Crippen molar-refractivity contribution in [2.75, 3.05) is 0 Å². The maximum absolute atomic E-state index is 14.1. The van der Waals surface area contributed by atoms with Crippen LogP contribution >= 0.6 is 8.25 Å². The van der Waals surface area contributed by atoms with E-state index in [4.69, 9.17) is 14.2 Å². The van der Waals surface area contributed by atoms with Gasteiger partial charge in [0, 0.05) is 12.1 Å². The third-order valence-corrected chi connectivity index (χ3v) is 4.66. The minimum Gasteiger partial charge on any atom is -0.352 e. The molecule has 5 atom stereocenters. The molecule has 0 bridgehead atoms. The molecule has 0 aromatic carbocycles. The van der Waals surface area contributed by atoms with Crippen molar-refractivity contribution in [1.82, 2.24) is 14.5 Å². The lowest BCUT2D eigenvalue weighted by Crippen LogP contribution is -2.26. The lowest BCUT2D eigenvalue weighted by Gasteiger charge is -2.21. The Hall–Kier alpha value is -1.54. The SMILES string of the molecule is CC[C@H]1O[C@@H](n2cc(F)c3c(=O)[nH]cnc32)[C@H](O[PH](=O)O)[C@@H]1C. The van der Waals surface area contributed by atoms with E-state index in [9.17, 15) is 13.8 Å². The molecule has 2 aromatic rings. The number of H-pyrrole nitrogens is 1. The number of halogens is 1. The number of fused-ring (bicyclic) bond motifs is 1. The summed E-state index contributed by atoms with van der Waals surface area (Å²) in [4.78, 5) is 27.2.